The fourth-order valence-corrected chi connectivity index (χ4v) is 7.90. The summed E-state index contributed by atoms with van der Waals surface area (Å²) in [6, 6.07) is 20.2. The predicted octanol–water partition coefficient (Wildman–Crippen LogP) is 5.03. The average Bonchev–Trinajstić information content (AvgIpc) is 3.57. The molecule has 0 spiro atoms. The number of rotatable bonds is 14. The number of urea groups is 1. The van der Waals surface area contributed by atoms with Gasteiger partial charge in [-0.1, -0.05) is 53.8 Å². The Morgan fingerprint density at radius 3 is 2.53 bits per heavy atom. The first-order chi connectivity index (χ1) is 29.1. The van der Waals surface area contributed by atoms with Gasteiger partial charge in [-0.25, -0.2) is 9.78 Å². The molecule has 15 nitrogen and oxygen atoms in total. The zero-order valence-corrected chi connectivity index (χ0v) is 33.9. The van der Waals surface area contributed by atoms with Gasteiger partial charge in [-0.05, 0) is 104 Å². The third kappa shape index (κ3) is 10.6. The fraction of sp³-hybridized carbons (Fsp3) is 0.364. The number of imide groups is 1. The maximum atomic E-state index is 12.9. The molecule has 4 heterocycles. The molecule has 2 saturated heterocycles. The minimum atomic E-state index is -0.882. The molecule has 60 heavy (non-hydrogen) atoms. The van der Waals surface area contributed by atoms with Gasteiger partial charge in [0.05, 0.1) is 23.5 Å². The number of aromatic nitrogens is 2. The number of hydrogen-bond acceptors (Lipinski definition) is 11. The van der Waals surface area contributed by atoms with Crippen LogP contribution in [0.2, 0.25) is 5.02 Å². The van der Waals surface area contributed by atoms with E-state index in [4.69, 9.17) is 17.3 Å². The number of aliphatic hydroxyl groups excluding tert-OH is 1. The molecular formula is C44H49ClN10O5. The normalized spacial score (nSPS) is 17.9. The van der Waals surface area contributed by atoms with Crippen LogP contribution in [0.25, 0.3) is 0 Å². The monoisotopic (exact) mass is 832 g/mol. The number of halogens is 1. The minimum Gasteiger partial charge on any atom is -0.374 e. The summed E-state index contributed by atoms with van der Waals surface area (Å²) < 4.78 is 0. The summed E-state index contributed by atoms with van der Waals surface area (Å²) in [5.41, 5.74) is 10.9. The van der Waals surface area contributed by atoms with Gasteiger partial charge in [-0.15, -0.1) is 0 Å². The molecule has 3 aromatic carbocycles. The summed E-state index contributed by atoms with van der Waals surface area (Å²) >= 11 is 6.34. The number of benzene rings is 3. The maximum absolute atomic E-state index is 12.9. The number of hydrogen-bond donors (Lipinski definition) is 7. The van der Waals surface area contributed by atoms with Crippen LogP contribution in [0.15, 0.2) is 72.9 Å². The number of nitrogens with one attached hydrogen (secondary N) is 5. The van der Waals surface area contributed by atoms with E-state index in [-0.39, 0.29) is 24.3 Å². The van der Waals surface area contributed by atoms with Crippen molar-refractivity contribution in [2.24, 2.45) is 5.73 Å². The molecule has 2 unspecified atom stereocenters. The van der Waals surface area contributed by atoms with Crippen molar-refractivity contribution in [1.29, 1.82) is 0 Å². The van der Waals surface area contributed by atoms with E-state index in [1.807, 2.05) is 35.2 Å². The van der Waals surface area contributed by atoms with Gasteiger partial charge in [0.25, 0.3) is 5.91 Å². The molecule has 3 aliphatic heterocycles. The van der Waals surface area contributed by atoms with E-state index in [1.54, 1.807) is 29.2 Å². The third-order valence-corrected chi connectivity index (χ3v) is 11.3. The van der Waals surface area contributed by atoms with E-state index in [9.17, 15) is 24.3 Å². The Morgan fingerprint density at radius 2 is 1.75 bits per heavy atom. The Labute approximate surface area is 353 Å². The van der Waals surface area contributed by atoms with Crippen molar-refractivity contribution in [1.82, 2.24) is 35.7 Å². The van der Waals surface area contributed by atoms with Crippen molar-refractivity contribution >= 4 is 58.5 Å². The molecule has 2 fully saturated rings. The van der Waals surface area contributed by atoms with Gasteiger partial charge in [0.15, 0.2) is 5.82 Å². The van der Waals surface area contributed by atoms with Crippen LogP contribution in [0.4, 0.5) is 27.9 Å². The second-order valence-electron chi connectivity index (χ2n) is 15.1. The Balaban J connectivity index is 0.757. The number of nitrogens with two attached hydrogens (primary N) is 1. The van der Waals surface area contributed by atoms with Gasteiger partial charge in [-0.3, -0.25) is 24.6 Å². The van der Waals surface area contributed by atoms with Crippen LogP contribution in [0.3, 0.4) is 0 Å². The van der Waals surface area contributed by atoms with Gasteiger partial charge in [0, 0.05) is 50.3 Å². The van der Waals surface area contributed by atoms with Crippen molar-refractivity contribution in [3.8, 4) is 11.8 Å². The van der Waals surface area contributed by atoms with Gasteiger partial charge in [-0.2, -0.15) is 4.98 Å². The Hall–Kier alpha value is -6.05. The second kappa shape index (κ2) is 19.8. The van der Waals surface area contributed by atoms with Gasteiger partial charge >= 0.3 is 6.03 Å². The predicted molar refractivity (Wildman–Crippen MR) is 229 cm³/mol. The molecule has 3 aliphatic rings. The molecule has 4 aromatic rings. The lowest BCUT2D eigenvalue weighted by Crippen LogP contribution is -2.51. The minimum absolute atomic E-state index is 0.0250. The number of aliphatic hydroxyl groups is 1. The molecule has 5 amide bonds. The smallest absolute Gasteiger partial charge is 0.317 e. The molecular weight excluding hydrogens is 784 g/mol. The number of fused-ring (bicyclic) bond motifs is 1. The highest BCUT2D eigenvalue weighted by Gasteiger charge is 2.39. The quantitative estimate of drug-likeness (QED) is 0.0510. The van der Waals surface area contributed by atoms with Crippen LogP contribution >= 0.6 is 11.6 Å². The summed E-state index contributed by atoms with van der Waals surface area (Å²) in [7, 11) is 0. The molecule has 312 valence electrons. The number of carbonyl (C=O) groups excluding carboxylic acids is 4. The van der Waals surface area contributed by atoms with E-state index < -0.39 is 18.2 Å². The third-order valence-electron chi connectivity index (χ3n) is 11.0. The topological polar surface area (TPSA) is 207 Å². The molecule has 1 aromatic heterocycles. The molecule has 0 radical (unpaired) electrons. The zero-order chi connectivity index (χ0) is 42.0. The summed E-state index contributed by atoms with van der Waals surface area (Å²) in [4.78, 5) is 61.0. The number of likely N-dealkylation sites (tertiary alicyclic amines) is 1. The molecule has 7 rings (SSSR count). The van der Waals surface area contributed by atoms with E-state index in [1.165, 1.54) is 11.8 Å². The van der Waals surface area contributed by atoms with Crippen LogP contribution in [0.5, 0.6) is 0 Å². The Morgan fingerprint density at radius 1 is 0.967 bits per heavy atom. The lowest BCUT2D eigenvalue weighted by molar-refractivity contribution is -0.141. The fourth-order valence-electron chi connectivity index (χ4n) is 7.76. The lowest BCUT2D eigenvalue weighted by Gasteiger charge is -2.32. The number of amides is 5. The number of piperidine rings is 2. The molecule has 0 bridgehead atoms. The second-order valence-corrected chi connectivity index (χ2v) is 15.5. The highest BCUT2D eigenvalue weighted by Crippen LogP contribution is 2.36. The van der Waals surface area contributed by atoms with Gasteiger partial charge in [0.1, 0.15) is 11.3 Å². The molecule has 2 atom stereocenters. The standard InChI is InChI=1S/C44H49ClN10O5/c45-35-26-49-43(53-40(35)51-36-9-4-3-8-34(36)39(46)57)50-32-13-11-29(12-14-32)30-18-23-54(24-19-30)44(60)48-22-6-21-47-20-5-1-2-7-28-10-15-33-31(25-28)27-55(42(33)59)37-16-17-38(56)52-41(37)58/h3-4,8-15,25-26,30,37,42,47,59H,1,5-6,16-24,27H2,(H2,46,57)(H,48,60)(H,52,56,58)(H2,49,50,51,53). The largest absolute Gasteiger partial charge is 0.374 e. The first-order valence-electron chi connectivity index (χ1n) is 20.3. The molecule has 16 heteroatoms. The van der Waals surface area contributed by atoms with E-state index in [0.717, 1.165) is 67.6 Å². The van der Waals surface area contributed by atoms with Crippen molar-refractivity contribution in [3.05, 3.63) is 106 Å². The van der Waals surface area contributed by atoms with Gasteiger partial charge in [0.2, 0.25) is 17.8 Å². The van der Waals surface area contributed by atoms with Crippen LogP contribution in [-0.4, -0.2) is 87.4 Å². The lowest BCUT2D eigenvalue weighted by atomic mass is 9.89. The highest BCUT2D eigenvalue weighted by molar-refractivity contribution is 6.33. The number of carbonyl (C=O) groups is 4. The first-order valence-corrected chi connectivity index (χ1v) is 20.7. The van der Waals surface area contributed by atoms with E-state index in [0.29, 0.717) is 66.6 Å². The van der Waals surface area contributed by atoms with Crippen molar-refractivity contribution < 1.29 is 24.3 Å². The van der Waals surface area contributed by atoms with Crippen molar-refractivity contribution in [3.63, 3.8) is 0 Å². The average molecular weight is 833 g/mol. The number of nitrogens with zero attached hydrogens (tertiary/aromatic N) is 4. The number of anilines is 4. The SMILES string of the molecule is NC(=O)c1ccccc1Nc1nc(Nc2ccc(C3CCN(C(=O)NCCCNCCCC#Cc4ccc5c(c4)CN(C4CCC(=O)NC4=O)C5O)CC3)cc2)ncc1Cl. The number of unbranched alkanes of at least 4 members (excludes halogenated alkanes) is 1. The van der Waals surface area contributed by atoms with Crippen LogP contribution < -0.4 is 32.3 Å². The van der Waals surface area contributed by atoms with Crippen molar-refractivity contribution in [2.45, 2.75) is 69.7 Å². The summed E-state index contributed by atoms with van der Waals surface area (Å²) in [6.45, 7) is 4.04. The van der Waals surface area contributed by atoms with Crippen LogP contribution in [-0.2, 0) is 16.1 Å². The molecule has 8 N–H and O–H groups in total. The summed E-state index contributed by atoms with van der Waals surface area (Å²) in [5.74, 6) is 6.27. The Bertz CT molecular complexity index is 2270. The zero-order valence-electron chi connectivity index (χ0n) is 33.2. The van der Waals surface area contributed by atoms with Crippen LogP contribution in [0.1, 0.15) is 89.7 Å². The Kier molecular flexibility index (Phi) is 13.9. The summed E-state index contributed by atoms with van der Waals surface area (Å²) in [6.07, 6.45) is 5.48. The van der Waals surface area contributed by atoms with E-state index in [2.05, 4.69) is 60.5 Å². The van der Waals surface area contributed by atoms with Crippen LogP contribution in [0, 0.1) is 11.8 Å². The van der Waals surface area contributed by atoms with Gasteiger partial charge < -0.3 is 37.0 Å². The summed E-state index contributed by atoms with van der Waals surface area (Å²) in [5, 5.41) is 26.2. The number of para-hydroxylation sites is 1. The molecule has 0 aliphatic carbocycles. The molecule has 0 saturated carbocycles. The first kappa shape index (κ1) is 42.1. The maximum Gasteiger partial charge on any atom is 0.317 e. The van der Waals surface area contributed by atoms with E-state index >= 15 is 0 Å². The number of primary amides is 1. The highest BCUT2D eigenvalue weighted by atomic mass is 35.5. The van der Waals surface area contributed by atoms with Crippen molar-refractivity contribution in [2.75, 3.05) is 43.4 Å².